The van der Waals surface area contributed by atoms with Crippen molar-refractivity contribution in [3.63, 3.8) is 0 Å². The average molecular weight is 773 g/mol. The predicted octanol–water partition coefficient (Wildman–Crippen LogP) is 16.2. The molecule has 0 N–H and O–H groups in total. The highest BCUT2D eigenvalue weighted by molar-refractivity contribution is 6.15. The number of hydrogen-bond donors (Lipinski definition) is 0. The quantitative estimate of drug-likeness (QED) is 0.168. The third kappa shape index (κ3) is 5.04. The van der Waals surface area contributed by atoms with Crippen LogP contribution in [0.5, 0.6) is 0 Å². The fourth-order valence-corrected chi connectivity index (χ4v) is 9.85. The molecule has 1 aliphatic carbocycles. The Morgan fingerprint density at radius 1 is 0.383 bits per heavy atom. The molecule has 0 fully saturated rings. The van der Waals surface area contributed by atoms with Gasteiger partial charge in [0.15, 0.2) is 11.2 Å². The normalized spacial score (nSPS) is 13.1. The van der Waals surface area contributed by atoms with E-state index in [-0.39, 0.29) is 5.41 Å². The number of nitrogens with zero attached hydrogens (tertiary/aromatic N) is 2. The number of fused-ring (bicyclic) bond motifs is 11. The Kier molecular flexibility index (Phi) is 7.45. The molecule has 0 amide bonds. The summed E-state index contributed by atoms with van der Waals surface area (Å²) in [6.07, 6.45) is 0. The van der Waals surface area contributed by atoms with Crippen LogP contribution in [-0.2, 0) is 5.41 Å². The van der Waals surface area contributed by atoms with E-state index in [1.807, 2.05) is 6.07 Å². The number of aryl methyl sites for hydroxylation is 1. The van der Waals surface area contributed by atoms with Crippen LogP contribution in [0.3, 0.4) is 0 Å². The molecular weight excluding hydrogens is 733 g/mol. The highest BCUT2D eigenvalue weighted by atomic mass is 16.3. The summed E-state index contributed by atoms with van der Waals surface area (Å²) in [4.78, 5) is 4.75. The van der Waals surface area contributed by atoms with Gasteiger partial charge in [-0.2, -0.15) is 0 Å². The van der Waals surface area contributed by atoms with E-state index in [0.717, 1.165) is 78.0 Å². The lowest BCUT2D eigenvalue weighted by molar-refractivity contribution is 0.660. The molecule has 2 heterocycles. The van der Waals surface area contributed by atoms with Gasteiger partial charge in [-0.25, -0.2) is 0 Å². The summed E-state index contributed by atoms with van der Waals surface area (Å²) < 4.78 is 13.4. The van der Waals surface area contributed by atoms with E-state index in [1.54, 1.807) is 0 Å². The smallest absolute Gasteiger partial charge is 0.159 e. The lowest BCUT2D eigenvalue weighted by Gasteiger charge is -2.30. The summed E-state index contributed by atoms with van der Waals surface area (Å²) in [5.74, 6) is 0. The molecule has 9 aromatic carbocycles. The number of furan rings is 2. The van der Waals surface area contributed by atoms with Crippen molar-refractivity contribution in [1.29, 1.82) is 0 Å². The molecule has 4 nitrogen and oxygen atoms in total. The summed E-state index contributed by atoms with van der Waals surface area (Å²) in [7, 11) is 0. The number of para-hydroxylation sites is 5. The van der Waals surface area contributed by atoms with Crippen molar-refractivity contribution in [2.45, 2.75) is 26.2 Å². The van der Waals surface area contributed by atoms with Gasteiger partial charge < -0.3 is 18.6 Å². The van der Waals surface area contributed by atoms with Gasteiger partial charge in [-0.3, -0.25) is 0 Å². The molecule has 0 aliphatic heterocycles. The third-order valence-corrected chi connectivity index (χ3v) is 12.7. The van der Waals surface area contributed by atoms with Crippen molar-refractivity contribution < 1.29 is 8.83 Å². The minimum Gasteiger partial charge on any atom is -0.454 e. The lowest BCUT2D eigenvalue weighted by Crippen LogP contribution is -2.18. The van der Waals surface area contributed by atoms with Gasteiger partial charge in [-0.15, -0.1) is 0 Å². The van der Waals surface area contributed by atoms with Gasteiger partial charge in [0, 0.05) is 49.4 Å². The van der Waals surface area contributed by atoms with Crippen LogP contribution in [0.2, 0.25) is 0 Å². The predicted molar refractivity (Wildman–Crippen MR) is 250 cm³/mol. The molecule has 2 aromatic heterocycles. The van der Waals surface area contributed by atoms with Gasteiger partial charge in [0.2, 0.25) is 0 Å². The summed E-state index contributed by atoms with van der Waals surface area (Å²) in [5, 5.41) is 6.87. The van der Waals surface area contributed by atoms with Gasteiger partial charge in [0.25, 0.3) is 0 Å². The Hall–Kier alpha value is -7.56. The molecule has 0 spiro atoms. The van der Waals surface area contributed by atoms with Gasteiger partial charge in [-0.05, 0) is 107 Å². The van der Waals surface area contributed by atoms with Gasteiger partial charge in [0.1, 0.15) is 11.2 Å². The maximum Gasteiger partial charge on any atom is 0.159 e. The molecule has 12 rings (SSSR count). The van der Waals surface area contributed by atoms with Gasteiger partial charge in [-0.1, -0.05) is 135 Å². The first-order valence-corrected chi connectivity index (χ1v) is 20.7. The van der Waals surface area contributed by atoms with Crippen LogP contribution >= 0.6 is 0 Å². The molecule has 286 valence electrons. The third-order valence-electron chi connectivity index (χ3n) is 12.7. The average Bonchev–Trinajstić information content (AvgIpc) is 3.93. The van der Waals surface area contributed by atoms with Crippen molar-refractivity contribution in [3.05, 3.63) is 205 Å². The topological polar surface area (TPSA) is 32.8 Å². The zero-order valence-electron chi connectivity index (χ0n) is 33.6. The molecule has 1 aliphatic rings. The van der Waals surface area contributed by atoms with Crippen LogP contribution < -0.4 is 9.80 Å². The molecular formula is C56H40N2O2. The molecule has 0 bridgehead atoms. The summed E-state index contributed by atoms with van der Waals surface area (Å²) in [5.41, 5.74) is 15.9. The first-order chi connectivity index (χ1) is 29.4. The van der Waals surface area contributed by atoms with Crippen molar-refractivity contribution in [3.8, 4) is 11.1 Å². The van der Waals surface area contributed by atoms with Crippen LogP contribution in [0.15, 0.2) is 197 Å². The van der Waals surface area contributed by atoms with E-state index < -0.39 is 0 Å². The molecule has 4 heteroatoms. The molecule has 0 radical (unpaired) electrons. The van der Waals surface area contributed by atoms with Crippen LogP contribution in [0.1, 0.15) is 30.5 Å². The van der Waals surface area contributed by atoms with E-state index in [2.05, 4.69) is 213 Å². The van der Waals surface area contributed by atoms with E-state index >= 15 is 0 Å². The van der Waals surface area contributed by atoms with Gasteiger partial charge >= 0.3 is 0 Å². The number of hydrogen-bond acceptors (Lipinski definition) is 4. The van der Waals surface area contributed by atoms with Crippen LogP contribution in [0.25, 0.3) is 65.8 Å². The summed E-state index contributed by atoms with van der Waals surface area (Å²) in [6.45, 7) is 6.89. The standard InChI is InChI=1S/C56H40N2O2/c1-35-28-31-52-45(32-35)43-24-15-25-48(55(43)60-52)57(36-16-6-4-7-17-36)38-29-30-44-46(33-38)56(2,3)47-34-50(39-20-10-11-22-41(39)53(44)47)58(37-18-8-5-9-19-37)49-26-14-23-42-40-21-12-13-27-51(40)59-54(42)49/h4-34H,1-3H3. The first kappa shape index (κ1) is 34.5. The number of anilines is 6. The van der Waals surface area contributed by atoms with Crippen molar-refractivity contribution in [2.75, 3.05) is 9.80 Å². The minimum absolute atomic E-state index is 0.335. The highest BCUT2D eigenvalue weighted by Crippen LogP contribution is 2.56. The summed E-state index contributed by atoms with van der Waals surface area (Å²) >= 11 is 0. The Balaban J connectivity index is 1.07. The van der Waals surface area contributed by atoms with Crippen molar-refractivity contribution in [2.24, 2.45) is 0 Å². The SMILES string of the molecule is Cc1ccc2oc3c(N(c4ccccc4)c4ccc5c(c4)C(C)(C)c4cc(N(c6ccccc6)c6cccc7c6oc6ccccc67)c6ccccc6c4-5)cccc3c2c1. The Morgan fingerprint density at radius 2 is 0.950 bits per heavy atom. The second kappa shape index (κ2) is 13.0. The van der Waals surface area contributed by atoms with E-state index in [9.17, 15) is 0 Å². The maximum atomic E-state index is 6.71. The molecule has 0 saturated carbocycles. The van der Waals surface area contributed by atoms with Crippen LogP contribution in [0, 0.1) is 6.92 Å². The molecule has 0 atom stereocenters. The fourth-order valence-electron chi connectivity index (χ4n) is 9.85. The van der Waals surface area contributed by atoms with Crippen molar-refractivity contribution >= 4 is 88.8 Å². The first-order valence-electron chi connectivity index (χ1n) is 20.7. The molecule has 11 aromatic rings. The van der Waals surface area contributed by atoms with Gasteiger partial charge in [0.05, 0.1) is 17.1 Å². The Morgan fingerprint density at radius 3 is 1.67 bits per heavy atom. The zero-order chi connectivity index (χ0) is 40.1. The number of benzene rings is 9. The van der Waals surface area contributed by atoms with E-state index in [1.165, 1.54) is 38.6 Å². The van der Waals surface area contributed by atoms with Crippen LogP contribution in [0.4, 0.5) is 34.1 Å². The molecule has 60 heavy (non-hydrogen) atoms. The lowest BCUT2D eigenvalue weighted by atomic mass is 9.81. The summed E-state index contributed by atoms with van der Waals surface area (Å²) in [6, 6.07) is 67.5. The Bertz CT molecular complexity index is 3490. The number of rotatable bonds is 6. The molecule has 0 unspecified atom stereocenters. The fraction of sp³-hybridized carbons (Fsp3) is 0.0714. The van der Waals surface area contributed by atoms with Crippen molar-refractivity contribution in [1.82, 2.24) is 0 Å². The monoisotopic (exact) mass is 772 g/mol. The van der Waals surface area contributed by atoms with Crippen LogP contribution in [-0.4, -0.2) is 0 Å². The highest BCUT2D eigenvalue weighted by Gasteiger charge is 2.39. The Labute approximate surface area is 348 Å². The maximum absolute atomic E-state index is 6.71. The van der Waals surface area contributed by atoms with E-state index in [4.69, 9.17) is 8.83 Å². The second-order valence-electron chi connectivity index (χ2n) is 16.6. The zero-order valence-corrected chi connectivity index (χ0v) is 33.6. The minimum atomic E-state index is -0.335. The largest absolute Gasteiger partial charge is 0.454 e. The second-order valence-corrected chi connectivity index (χ2v) is 16.6. The molecule has 0 saturated heterocycles. The van der Waals surface area contributed by atoms with E-state index in [0.29, 0.717) is 0 Å².